The van der Waals surface area contributed by atoms with E-state index in [4.69, 9.17) is 9.47 Å². The second-order valence-corrected chi connectivity index (χ2v) is 9.20. The van der Waals surface area contributed by atoms with E-state index in [9.17, 15) is 27.9 Å². The summed E-state index contributed by atoms with van der Waals surface area (Å²) >= 11 is 0. The van der Waals surface area contributed by atoms with Crippen molar-refractivity contribution in [2.45, 2.75) is 38.9 Å². The van der Waals surface area contributed by atoms with Gasteiger partial charge >= 0.3 is 12.1 Å². The summed E-state index contributed by atoms with van der Waals surface area (Å²) in [5.74, 6) is -0.446. The number of rotatable bonds is 12. The van der Waals surface area contributed by atoms with E-state index >= 15 is 0 Å². The van der Waals surface area contributed by atoms with Gasteiger partial charge in [-0.05, 0) is 59.9 Å². The fourth-order valence-electron chi connectivity index (χ4n) is 3.84. The summed E-state index contributed by atoms with van der Waals surface area (Å²) in [6, 6.07) is 17.9. The van der Waals surface area contributed by atoms with Crippen LogP contribution in [0.15, 0.2) is 72.8 Å². The van der Waals surface area contributed by atoms with Crippen LogP contribution in [-0.2, 0) is 17.4 Å². The van der Waals surface area contributed by atoms with E-state index in [1.807, 2.05) is 26.0 Å². The lowest BCUT2D eigenvalue weighted by Crippen LogP contribution is -2.33. The maximum absolute atomic E-state index is 12.9. The van der Waals surface area contributed by atoms with E-state index in [2.05, 4.69) is 5.32 Å². The predicted octanol–water partition coefficient (Wildman–Crippen LogP) is 6.31. The van der Waals surface area contributed by atoms with E-state index in [1.54, 1.807) is 30.3 Å². The van der Waals surface area contributed by atoms with Crippen molar-refractivity contribution in [2.24, 2.45) is 5.92 Å². The molecule has 202 valence electrons. The Balaban J connectivity index is 1.50. The first-order valence-electron chi connectivity index (χ1n) is 12.2. The molecule has 0 aromatic heterocycles. The SMILES string of the molecule is CC(C)CC(NC(=O)COc1ccc(CCOc2ccccc2C(=O)O)cc1)c1ccc(C(F)(F)F)cc1. The molecule has 6 nitrogen and oxygen atoms in total. The molecule has 3 aromatic rings. The molecule has 0 spiro atoms. The minimum Gasteiger partial charge on any atom is -0.492 e. The highest BCUT2D eigenvalue weighted by Crippen LogP contribution is 2.31. The van der Waals surface area contributed by atoms with Crippen LogP contribution in [0.3, 0.4) is 0 Å². The number of benzene rings is 3. The largest absolute Gasteiger partial charge is 0.492 e. The Morgan fingerprint density at radius 3 is 2.18 bits per heavy atom. The number of carbonyl (C=O) groups excluding carboxylic acids is 1. The molecule has 0 aliphatic carbocycles. The first-order valence-corrected chi connectivity index (χ1v) is 12.2. The molecule has 1 atom stereocenters. The van der Waals surface area contributed by atoms with Crippen LogP contribution in [0.2, 0.25) is 0 Å². The number of amides is 1. The number of ether oxygens (including phenoxy) is 2. The molecule has 0 radical (unpaired) electrons. The monoisotopic (exact) mass is 529 g/mol. The molecule has 0 aliphatic heterocycles. The van der Waals surface area contributed by atoms with Gasteiger partial charge in [0, 0.05) is 6.42 Å². The van der Waals surface area contributed by atoms with Crippen LogP contribution in [0.4, 0.5) is 13.2 Å². The summed E-state index contributed by atoms with van der Waals surface area (Å²) in [5.41, 5.74) is 0.897. The van der Waals surface area contributed by atoms with Crippen LogP contribution in [-0.4, -0.2) is 30.2 Å². The highest BCUT2D eigenvalue weighted by atomic mass is 19.4. The van der Waals surface area contributed by atoms with Crippen LogP contribution < -0.4 is 14.8 Å². The van der Waals surface area contributed by atoms with Gasteiger partial charge in [0.2, 0.25) is 0 Å². The summed E-state index contributed by atoms with van der Waals surface area (Å²) in [5, 5.41) is 12.1. The molecule has 0 fully saturated rings. The number of carboxylic acids is 1. The first-order chi connectivity index (χ1) is 18.0. The molecule has 1 amide bonds. The van der Waals surface area contributed by atoms with Crippen molar-refractivity contribution in [1.82, 2.24) is 5.32 Å². The lowest BCUT2D eigenvalue weighted by molar-refractivity contribution is -0.137. The highest BCUT2D eigenvalue weighted by Gasteiger charge is 2.30. The van der Waals surface area contributed by atoms with Crippen molar-refractivity contribution in [2.75, 3.05) is 13.2 Å². The second kappa shape index (κ2) is 13.0. The van der Waals surface area contributed by atoms with Crippen molar-refractivity contribution in [3.8, 4) is 11.5 Å². The number of hydrogen-bond donors (Lipinski definition) is 2. The lowest BCUT2D eigenvalue weighted by atomic mass is 9.96. The van der Waals surface area contributed by atoms with Crippen molar-refractivity contribution < 1.29 is 37.3 Å². The Bertz CT molecular complexity index is 1210. The van der Waals surface area contributed by atoms with Gasteiger partial charge in [0.25, 0.3) is 5.91 Å². The van der Waals surface area contributed by atoms with E-state index in [0.29, 0.717) is 29.9 Å². The lowest BCUT2D eigenvalue weighted by Gasteiger charge is -2.22. The van der Waals surface area contributed by atoms with Gasteiger partial charge in [0.15, 0.2) is 6.61 Å². The third-order valence-electron chi connectivity index (χ3n) is 5.74. The molecule has 0 saturated heterocycles. The van der Waals surface area contributed by atoms with Gasteiger partial charge in [-0.1, -0.05) is 50.2 Å². The zero-order chi connectivity index (χ0) is 27.7. The molecule has 9 heteroatoms. The van der Waals surface area contributed by atoms with Gasteiger partial charge in [-0.2, -0.15) is 13.2 Å². The number of hydrogen-bond acceptors (Lipinski definition) is 4. The topological polar surface area (TPSA) is 84.9 Å². The standard InChI is InChI=1S/C29H30F3NO5/c1-19(2)17-25(21-9-11-22(12-10-21)29(30,31)32)33-27(34)18-38-23-13-7-20(8-14-23)15-16-37-26-6-4-3-5-24(26)28(35)36/h3-14,19,25H,15-18H2,1-2H3,(H,33,34)(H,35,36). The number of halogens is 3. The van der Waals surface area contributed by atoms with Crippen molar-refractivity contribution >= 4 is 11.9 Å². The third-order valence-corrected chi connectivity index (χ3v) is 5.74. The molecule has 2 N–H and O–H groups in total. The van der Waals surface area contributed by atoms with Gasteiger partial charge < -0.3 is 19.9 Å². The van der Waals surface area contributed by atoms with Crippen LogP contribution >= 0.6 is 0 Å². The van der Waals surface area contributed by atoms with Crippen molar-refractivity contribution in [3.05, 3.63) is 95.1 Å². The van der Waals surface area contributed by atoms with Crippen molar-refractivity contribution in [3.63, 3.8) is 0 Å². The summed E-state index contributed by atoms with van der Waals surface area (Å²) in [6.07, 6.45) is -3.32. The Labute approximate surface area is 219 Å². The number of aromatic carboxylic acids is 1. The number of alkyl halides is 3. The Morgan fingerprint density at radius 2 is 1.58 bits per heavy atom. The van der Waals surface area contributed by atoms with Gasteiger partial charge in [-0.15, -0.1) is 0 Å². The van der Waals surface area contributed by atoms with Gasteiger partial charge in [0.05, 0.1) is 18.2 Å². The van der Waals surface area contributed by atoms with Gasteiger partial charge in [-0.25, -0.2) is 4.79 Å². The quantitative estimate of drug-likeness (QED) is 0.287. The van der Waals surface area contributed by atoms with Crippen LogP contribution in [0.25, 0.3) is 0 Å². The molecule has 0 bridgehead atoms. The van der Waals surface area contributed by atoms with Crippen molar-refractivity contribution in [1.29, 1.82) is 0 Å². The van der Waals surface area contributed by atoms with Crippen LogP contribution in [0.1, 0.15) is 53.4 Å². The summed E-state index contributed by atoms with van der Waals surface area (Å²) in [7, 11) is 0. The predicted molar refractivity (Wildman–Crippen MR) is 136 cm³/mol. The zero-order valence-corrected chi connectivity index (χ0v) is 21.1. The maximum Gasteiger partial charge on any atom is 0.416 e. The van der Waals surface area contributed by atoms with E-state index in [1.165, 1.54) is 18.2 Å². The van der Waals surface area contributed by atoms with Gasteiger partial charge in [0.1, 0.15) is 17.1 Å². The minimum absolute atomic E-state index is 0.100. The number of carboxylic acid groups (broad SMARTS) is 1. The minimum atomic E-state index is -4.42. The first kappa shape index (κ1) is 28.6. The molecule has 0 heterocycles. The molecule has 38 heavy (non-hydrogen) atoms. The van der Waals surface area contributed by atoms with Gasteiger partial charge in [-0.3, -0.25) is 4.79 Å². The number of carbonyl (C=O) groups is 2. The second-order valence-electron chi connectivity index (χ2n) is 9.20. The number of nitrogens with one attached hydrogen (secondary N) is 1. The Morgan fingerprint density at radius 1 is 0.921 bits per heavy atom. The fraction of sp³-hybridized carbons (Fsp3) is 0.310. The summed E-state index contributed by atoms with van der Waals surface area (Å²) in [4.78, 5) is 23.8. The normalized spacial score (nSPS) is 12.2. The highest BCUT2D eigenvalue weighted by molar-refractivity contribution is 5.90. The molecule has 0 aliphatic rings. The third kappa shape index (κ3) is 8.54. The average molecular weight is 530 g/mol. The average Bonchev–Trinajstić information content (AvgIpc) is 2.87. The molecule has 0 saturated carbocycles. The summed E-state index contributed by atoms with van der Waals surface area (Å²) < 4.78 is 49.9. The van der Waals surface area contributed by atoms with E-state index in [0.717, 1.165) is 17.7 Å². The maximum atomic E-state index is 12.9. The fourth-order valence-corrected chi connectivity index (χ4v) is 3.84. The Kier molecular flexibility index (Phi) is 9.76. The zero-order valence-electron chi connectivity index (χ0n) is 21.1. The number of para-hydroxylation sites is 1. The van der Waals surface area contributed by atoms with Crippen LogP contribution in [0.5, 0.6) is 11.5 Å². The van der Waals surface area contributed by atoms with E-state index < -0.39 is 23.8 Å². The molecular formula is C29H30F3NO5. The smallest absolute Gasteiger partial charge is 0.416 e. The molecule has 3 aromatic carbocycles. The summed E-state index contributed by atoms with van der Waals surface area (Å²) in [6.45, 7) is 3.98. The Hall–Kier alpha value is -4.01. The molecule has 3 rings (SSSR count). The van der Waals surface area contributed by atoms with Crippen LogP contribution in [0, 0.1) is 5.92 Å². The molecule has 1 unspecified atom stereocenters. The molecular weight excluding hydrogens is 499 g/mol. The van der Waals surface area contributed by atoms with E-state index in [-0.39, 0.29) is 30.6 Å².